The Kier molecular flexibility index (Phi) is 2.57. The van der Waals surface area contributed by atoms with E-state index in [1.165, 1.54) is 0 Å². The van der Waals surface area contributed by atoms with Crippen LogP contribution in [0, 0.1) is 13.8 Å². The third-order valence-electron chi connectivity index (χ3n) is 2.80. The Balaban J connectivity index is 2.68. The van der Waals surface area contributed by atoms with Crippen LogP contribution >= 0.6 is 0 Å². The first-order chi connectivity index (χ1) is 7.61. The third kappa shape index (κ3) is 1.63. The molecule has 2 N–H and O–H groups in total. The summed E-state index contributed by atoms with van der Waals surface area (Å²) in [6, 6.07) is 11.7. The summed E-state index contributed by atoms with van der Waals surface area (Å²) in [5.74, 6) is -0.0592. The molecule has 0 aromatic heterocycles. The summed E-state index contributed by atoms with van der Waals surface area (Å²) >= 11 is 0. The monoisotopic (exact) mass is 214 g/mol. The van der Waals surface area contributed by atoms with Crippen molar-refractivity contribution in [2.45, 2.75) is 13.8 Å². The van der Waals surface area contributed by atoms with Gasteiger partial charge in [-0.3, -0.25) is 0 Å². The number of benzene rings is 2. The second-order valence-corrected chi connectivity index (χ2v) is 3.93. The van der Waals surface area contributed by atoms with Gasteiger partial charge in [0.25, 0.3) is 0 Å². The third-order valence-corrected chi connectivity index (χ3v) is 2.80. The van der Waals surface area contributed by atoms with Crippen LogP contribution in [0.1, 0.15) is 11.1 Å². The minimum Gasteiger partial charge on any atom is -0.504 e. The number of hydrogen-bond acceptors (Lipinski definition) is 2. The van der Waals surface area contributed by atoms with Crippen molar-refractivity contribution < 1.29 is 10.2 Å². The highest BCUT2D eigenvalue weighted by Crippen LogP contribution is 2.38. The molecule has 0 aliphatic carbocycles. The molecule has 0 aliphatic heterocycles. The second kappa shape index (κ2) is 3.89. The zero-order valence-corrected chi connectivity index (χ0v) is 9.36. The van der Waals surface area contributed by atoms with Crippen LogP contribution in [0.5, 0.6) is 11.5 Å². The molecule has 0 atom stereocenters. The lowest BCUT2D eigenvalue weighted by Crippen LogP contribution is -1.87. The molecule has 0 unspecified atom stereocenters. The minimum atomic E-state index is -0.0304. The maximum absolute atomic E-state index is 9.78. The Bertz CT molecular complexity index is 516. The van der Waals surface area contributed by atoms with Crippen LogP contribution in [0.3, 0.4) is 0 Å². The van der Waals surface area contributed by atoms with Gasteiger partial charge >= 0.3 is 0 Å². The standard InChI is InChI=1S/C14H14O2/c1-9-8-12(10(2)14(16)13(9)15)11-6-4-3-5-7-11/h3-8,15-16H,1-2H3. The van der Waals surface area contributed by atoms with E-state index in [1.54, 1.807) is 13.8 Å². The smallest absolute Gasteiger partial charge is 0.161 e. The Morgan fingerprint density at radius 3 is 2.12 bits per heavy atom. The van der Waals surface area contributed by atoms with Crippen molar-refractivity contribution in [2.24, 2.45) is 0 Å². The van der Waals surface area contributed by atoms with E-state index < -0.39 is 0 Å². The molecule has 0 saturated carbocycles. The van der Waals surface area contributed by atoms with Crippen LogP contribution in [0.15, 0.2) is 36.4 Å². The van der Waals surface area contributed by atoms with Gasteiger partial charge in [0.15, 0.2) is 11.5 Å². The lowest BCUT2D eigenvalue weighted by atomic mass is 9.97. The quantitative estimate of drug-likeness (QED) is 0.714. The Morgan fingerprint density at radius 1 is 0.875 bits per heavy atom. The fraction of sp³-hybridized carbons (Fsp3) is 0.143. The highest BCUT2D eigenvalue weighted by Gasteiger charge is 2.12. The van der Waals surface area contributed by atoms with Gasteiger partial charge in [0.1, 0.15) is 0 Å². The second-order valence-electron chi connectivity index (χ2n) is 3.93. The molecule has 0 heterocycles. The zero-order chi connectivity index (χ0) is 11.7. The van der Waals surface area contributed by atoms with Gasteiger partial charge in [-0.1, -0.05) is 30.3 Å². The molecular formula is C14H14O2. The van der Waals surface area contributed by atoms with Gasteiger partial charge in [0.05, 0.1) is 0 Å². The van der Waals surface area contributed by atoms with Crippen LogP contribution in [-0.2, 0) is 0 Å². The molecular weight excluding hydrogens is 200 g/mol. The topological polar surface area (TPSA) is 40.5 Å². The van der Waals surface area contributed by atoms with Crippen LogP contribution in [0.4, 0.5) is 0 Å². The molecule has 0 spiro atoms. The summed E-state index contributed by atoms with van der Waals surface area (Å²) in [6.45, 7) is 3.58. The summed E-state index contributed by atoms with van der Waals surface area (Å²) in [6.07, 6.45) is 0. The molecule has 2 nitrogen and oxygen atoms in total. The molecule has 0 fully saturated rings. The van der Waals surface area contributed by atoms with Crippen molar-refractivity contribution in [3.63, 3.8) is 0 Å². The maximum atomic E-state index is 9.78. The molecule has 0 saturated heterocycles. The lowest BCUT2D eigenvalue weighted by molar-refractivity contribution is 0.399. The normalized spacial score (nSPS) is 10.4. The number of aromatic hydroxyl groups is 2. The van der Waals surface area contributed by atoms with Gasteiger partial charge in [0.2, 0.25) is 0 Å². The predicted octanol–water partition coefficient (Wildman–Crippen LogP) is 3.38. The SMILES string of the molecule is Cc1cc(-c2ccccc2)c(C)c(O)c1O. The summed E-state index contributed by atoms with van der Waals surface area (Å²) in [7, 11) is 0. The van der Waals surface area contributed by atoms with E-state index >= 15 is 0 Å². The van der Waals surface area contributed by atoms with Gasteiger partial charge in [-0.2, -0.15) is 0 Å². The molecule has 16 heavy (non-hydrogen) atoms. The molecule has 0 radical (unpaired) electrons. The van der Waals surface area contributed by atoms with Crippen LogP contribution in [0.2, 0.25) is 0 Å². The molecule has 2 heteroatoms. The average molecular weight is 214 g/mol. The van der Waals surface area contributed by atoms with Crippen LogP contribution in [0.25, 0.3) is 11.1 Å². The number of aryl methyl sites for hydroxylation is 1. The lowest BCUT2D eigenvalue weighted by Gasteiger charge is -2.11. The number of hydrogen-bond donors (Lipinski definition) is 2. The Hall–Kier alpha value is -1.96. The number of rotatable bonds is 1. The van der Waals surface area contributed by atoms with Crippen molar-refractivity contribution in [3.8, 4) is 22.6 Å². The van der Waals surface area contributed by atoms with Gasteiger partial charge in [0, 0.05) is 5.56 Å². The van der Waals surface area contributed by atoms with Gasteiger partial charge in [-0.05, 0) is 36.6 Å². The molecule has 2 aromatic carbocycles. The Morgan fingerprint density at radius 2 is 1.50 bits per heavy atom. The molecule has 0 amide bonds. The number of phenols is 2. The van der Waals surface area contributed by atoms with E-state index in [0.717, 1.165) is 11.1 Å². The molecule has 0 bridgehead atoms. The van der Waals surface area contributed by atoms with E-state index in [1.807, 2.05) is 36.4 Å². The van der Waals surface area contributed by atoms with Gasteiger partial charge < -0.3 is 10.2 Å². The first-order valence-corrected chi connectivity index (χ1v) is 5.19. The van der Waals surface area contributed by atoms with E-state index in [4.69, 9.17) is 0 Å². The highest BCUT2D eigenvalue weighted by molar-refractivity contribution is 5.73. The van der Waals surface area contributed by atoms with E-state index in [9.17, 15) is 10.2 Å². The van der Waals surface area contributed by atoms with E-state index in [-0.39, 0.29) is 11.5 Å². The van der Waals surface area contributed by atoms with Crippen molar-refractivity contribution in [2.75, 3.05) is 0 Å². The molecule has 2 rings (SSSR count). The fourth-order valence-electron chi connectivity index (χ4n) is 1.80. The minimum absolute atomic E-state index is 0.0288. The summed E-state index contributed by atoms with van der Waals surface area (Å²) in [4.78, 5) is 0. The highest BCUT2D eigenvalue weighted by atomic mass is 16.3. The van der Waals surface area contributed by atoms with Crippen LogP contribution < -0.4 is 0 Å². The summed E-state index contributed by atoms with van der Waals surface area (Å²) < 4.78 is 0. The average Bonchev–Trinajstić information content (AvgIpc) is 2.32. The van der Waals surface area contributed by atoms with Gasteiger partial charge in [-0.15, -0.1) is 0 Å². The maximum Gasteiger partial charge on any atom is 0.161 e. The van der Waals surface area contributed by atoms with Gasteiger partial charge in [-0.25, -0.2) is 0 Å². The predicted molar refractivity (Wildman–Crippen MR) is 64.7 cm³/mol. The first-order valence-electron chi connectivity index (χ1n) is 5.19. The molecule has 0 aliphatic rings. The van der Waals surface area contributed by atoms with Crippen molar-refractivity contribution in [1.82, 2.24) is 0 Å². The first kappa shape index (κ1) is 10.6. The largest absolute Gasteiger partial charge is 0.504 e. The zero-order valence-electron chi connectivity index (χ0n) is 9.36. The van der Waals surface area contributed by atoms with Crippen LogP contribution in [-0.4, -0.2) is 10.2 Å². The fourth-order valence-corrected chi connectivity index (χ4v) is 1.80. The van der Waals surface area contributed by atoms with E-state index in [0.29, 0.717) is 11.1 Å². The molecule has 82 valence electrons. The molecule has 2 aromatic rings. The summed E-state index contributed by atoms with van der Waals surface area (Å²) in [5, 5.41) is 19.4. The van der Waals surface area contributed by atoms with Crippen molar-refractivity contribution in [1.29, 1.82) is 0 Å². The van der Waals surface area contributed by atoms with E-state index in [2.05, 4.69) is 0 Å². The van der Waals surface area contributed by atoms with Crippen molar-refractivity contribution >= 4 is 0 Å². The number of phenolic OH excluding ortho intramolecular Hbond substituents is 2. The van der Waals surface area contributed by atoms with Crippen molar-refractivity contribution in [3.05, 3.63) is 47.5 Å². The Labute approximate surface area is 94.8 Å². The summed E-state index contributed by atoms with van der Waals surface area (Å²) in [5.41, 5.74) is 3.38.